The topological polar surface area (TPSA) is 24.9 Å². The van der Waals surface area contributed by atoms with Gasteiger partial charge in [-0.2, -0.15) is 0 Å². The molecule has 0 aliphatic heterocycles. The van der Waals surface area contributed by atoms with Crippen LogP contribution < -0.4 is 5.32 Å². The van der Waals surface area contributed by atoms with E-state index < -0.39 is 0 Å². The third-order valence-corrected chi connectivity index (χ3v) is 2.43. The molecule has 0 saturated carbocycles. The molecule has 2 nitrogen and oxygen atoms in total. The lowest BCUT2D eigenvalue weighted by Crippen LogP contribution is -2.27. The van der Waals surface area contributed by atoms with E-state index in [1.807, 2.05) is 6.20 Å². The van der Waals surface area contributed by atoms with E-state index in [-0.39, 0.29) is 0 Å². The van der Waals surface area contributed by atoms with Gasteiger partial charge in [-0.05, 0) is 37.8 Å². The minimum absolute atomic E-state index is 0.563. The Hall–Kier alpha value is -0.890. The molecule has 0 aromatic carbocycles. The van der Waals surface area contributed by atoms with Gasteiger partial charge in [0, 0.05) is 18.8 Å². The first-order chi connectivity index (χ1) is 7.08. The van der Waals surface area contributed by atoms with Crippen LogP contribution in [0.1, 0.15) is 38.4 Å². The molecule has 1 unspecified atom stereocenters. The van der Waals surface area contributed by atoms with Crippen molar-refractivity contribution in [3.8, 4) is 0 Å². The maximum Gasteiger partial charge on any atom is 0.0541 e. The van der Waals surface area contributed by atoms with Crippen LogP contribution >= 0.6 is 0 Å². The maximum absolute atomic E-state index is 4.37. The van der Waals surface area contributed by atoms with Crippen LogP contribution in [0.25, 0.3) is 0 Å². The van der Waals surface area contributed by atoms with Gasteiger partial charge in [0.05, 0.1) is 5.69 Å². The van der Waals surface area contributed by atoms with Crippen molar-refractivity contribution in [2.45, 2.75) is 46.7 Å². The lowest BCUT2D eigenvalue weighted by Gasteiger charge is -2.15. The van der Waals surface area contributed by atoms with Crippen LogP contribution in [-0.2, 0) is 6.54 Å². The molecule has 15 heavy (non-hydrogen) atoms. The van der Waals surface area contributed by atoms with Crippen LogP contribution in [0.4, 0.5) is 0 Å². The monoisotopic (exact) mass is 206 g/mol. The molecule has 0 bridgehead atoms. The Morgan fingerprint density at radius 1 is 1.27 bits per heavy atom. The fraction of sp³-hybridized carbons (Fsp3) is 0.615. The smallest absolute Gasteiger partial charge is 0.0541 e. The van der Waals surface area contributed by atoms with Crippen molar-refractivity contribution in [3.05, 3.63) is 29.6 Å². The highest BCUT2D eigenvalue weighted by molar-refractivity contribution is 5.11. The van der Waals surface area contributed by atoms with E-state index in [0.29, 0.717) is 6.04 Å². The van der Waals surface area contributed by atoms with Crippen LogP contribution in [0, 0.1) is 12.8 Å². The largest absolute Gasteiger partial charge is 0.309 e. The van der Waals surface area contributed by atoms with Crippen LogP contribution in [0.5, 0.6) is 0 Å². The summed E-state index contributed by atoms with van der Waals surface area (Å²) in [6, 6.07) is 4.76. The van der Waals surface area contributed by atoms with Gasteiger partial charge in [-0.1, -0.05) is 19.9 Å². The highest BCUT2D eigenvalue weighted by atomic mass is 14.9. The summed E-state index contributed by atoms with van der Waals surface area (Å²) < 4.78 is 0. The molecule has 2 heteroatoms. The van der Waals surface area contributed by atoms with Crippen LogP contribution in [-0.4, -0.2) is 11.0 Å². The number of aromatic nitrogens is 1. The Bertz CT molecular complexity index is 277. The van der Waals surface area contributed by atoms with Gasteiger partial charge in [0.2, 0.25) is 0 Å². The molecule has 1 heterocycles. The van der Waals surface area contributed by atoms with Crippen molar-refractivity contribution in [1.29, 1.82) is 0 Å². The second-order valence-corrected chi connectivity index (χ2v) is 4.74. The molecular weight excluding hydrogens is 184 g/mol. The van der Waals surface area contributed by atoms with Gasteiger partial charge in [0.1, 0.15) is 0 Å². The standard InChI is InChI=1S/C13H22N2/c1-10(2)7-12(4)14-9-13-6-5-11(3)8-15-13/h5-6,8,10,12,14H,7,9H2,1-4H3. The van der Waals surface area contributed by atoms with Crippen LogP contribution in [0.2, 0.25) is 0 Å². The summed E-state index contributed by atoms with van der Waals surface area (Å²) in [5, 5.41) is 3.49. The third kappa shape index (κ3) is 4.93. The van der Waals surface area contributed by atoms with Crippen molar-refractivity contribution in [2.24, 2.45) is 5.92 Å². The second-order valence-electron chi connectivity index (χ2n) is 4.74. The lowest BCUT2D eigenvalue weighted by atomic mass is 10.1. The van der Waals surface area contributed by atoms with Crippen molar-refractivity contribution < 1.29 is 0 Å². The van der Waals surface area contributed by atoms with Gasteiger partial charge in [-0.15, -0.1) is 0 Å². The minimum Gasteiger partial charge on any atom is -0.309 e. The van der Waals surface area contributed by atoms with Crippen molar-refractivity contribution in [3.63, 3.8) is 0 Å². The summed E-state index contributed by atoms with van der Waals surface area (Å²) >= 11 is 0. The van der Waals surface area contributed by atoms with E-state index in [2.05, 4.69) is 50.1 Å². The molecule has 0 radical (unpaired) electrons. The predicted octanol–water partition coefficient (Wildman–Crippen LogP) is 2.91. The first-order valence-corrected chi connectivity index (χ1v) is 5.73. The quantitative estimate of drug-likeness (QED) is 0.801. The average Bonchev–Trinajstić information content (AvgIpc) is 2.16. The second kappa shape index (κ2) is 5.86. The van der Waals surface area contributed by atoms with Crippen molar-refractivity contribution >= 4 is 0 Å². The summed E-state index contributed by atoms with van der Waals surface area (Å²) in [5.41, 5.74) is 2.34. The molecule has 0 fully saturated rings. The normalized spacial score (nSPS) is 13.1. The minimum atomic E-state index is 0.563. The molecule has 0 aliphatic rings. The van der Waals surface area contributed by atoms with Gasteiger partial charge in [-0.3, -0.25) is 4.98 Å². The summed E-state index contributed by atoms with van der Waals surface area (Å²) in [4.78, 5) is 4.37. The number of rotatable bonds is 5. The number of pyridine rings is 1. The van der Waals surface area contributed by atoms with Crippen LogP contribution in [0.3, 0.4) is 0 Å². The average molecular weight is 206 g/mol. The Kier molecular flexibility index (Phi) is 4.76. The number of hydrogen-bond donors (Lipinski definition) is 1. The van der Waals surface area contributed by atoms with Gasteiger partial charge in [0.15, 0.2) is 0 Å². The molecule has 1 N–H and O–H groups in total. The van der Waals surface area contributed by atoms with Gasteiger partial charge in [-0.25, -0.2) is 0 Å². The Morgan fingerprint density at radius 2 is 2.00 bits per heavy atom. The summed E-state index contributed by atoms with van der Waals surface area (Å²) in [5.74, 6) is 0.749. The molecule has 0 spiro atoms. The zero-order valence-electron chi connectivity index (χ0n) is 10.2. The Labute approximate surface area is 93.1 Å². The number of nitrogens with one attached hydrogen (secondary N) is 1. The third-order valence-electron chi connectivity index (χ3n) is 2.43. The van der Waals surface area contributed by atoms with E-state index in [0.717, 1.165) is 18.2 Å². The molecule has 0 saturated heterocycles. The molecule has 0 aliphatic carbocycles. The summed E-state index contributed by atoms with van der Waals surface area (Å²) in [7, 11) is 0. The van der Waals surface area contributed by atoms with Crippen LogP contribution in [0.15, 0.2) is 18.3 Å². The van der Waals surface area contributed by atoms with E-state index in [9.17, 15) is 0 Å². The van der Waals surface area contributed by atoms with Crippen molar-refractivity contribution in [2.75, 3.05) is 0 Å². The van der Waals surface area contributed by atoms with E-state index >= 15 is 0 Å². The fourth-order valence-corrected chi connectivity index (χ4v) is 1.67. The summed E-state index contributed by atoms with van der Waals surface area (Å²) in [6.07, 6.45) is 3.13. The maximum atomic E-state index is 4.37. The first-order valence-electron chi connectivity index (χ1n) is 5.73. The first kappa shape index (κ1) is 12.2. The molecule has 1 aromatic rings. The Balaban J connectivity index is 2.33. The molecule has 1 aromatic heterocycles. The molecule has 0 amide bonds. The molecule has 84 valence electrons. The van der Waals surface area contributed by atoms with E-state index in [1.165, 1.54) is 12.0 Å². The number of hydrogen-bond acceptors (Lipinski definition) is 2. The number of nitrogens with zero attached hydrogens (tertiary/aromatic N) is 1. The van der Waals surface area contributed by atoms with E-state index in [1.54, 1.807) is 0 Å². The van der Waals surface area contributed by atoms with Gasteiger partial charge >= 0.3 is 0 Å². The zero-order valence-corrected chi connectivity index (χ0v) is 10.2. The Morgan fingerprint density at radius 3 is 2.53 bits per heavy atom. The molecule has 1 atom stereocenters. The highest BCUT2D eigenvalue weighted by Crippen LogP contribution is 2.05. The zero-order chi connectivity index (χ0) is 11.3. The van der Waals surface area contributed by atoms with E-state index in [4.69, 9.17) is 0 Å². The predicted molar refractivity (Wildman–Crippen MR) is 64.7 cm³/mol. The molecular formula is C13H22N2. The molecule has 1 rings (SSSR count). The van der Waals surface area contributed by atoms with Gasteiger partial charge < -0.3 is 5.32 Å². The lowest BCUT2D eigenvalue weighted by molar-refractivity contribution is 0.439. The highest BCUT2D eigenvalue weighted by Gasteiger charge is 2.04. The van der Waals surface area contributed by atoms with Crippen molar-refractivity contribution in [1.82, 2.24) is 10.3 Å². The van der Waals surface area contributed by atoms with Gasteiger partial charge in [0.25, 0.3) is 0 Å². The summed E-state index contributed by atoms with van der Waals surface area (Å²) in [6.45, 7) is 9.67. The SMILES string of the molecule is Cc1ccc(CNC(C)CC(C)C)nc1. The fourth-order valence-electron chi connectivity index (χ4n) is 1.67. The number of aryl methyl sites for hydroxylation is 1.